The minimum Gasteiger partial charge on any atom is -0.496 e. The molecule has 28 heavy (non-hydrogen) atoms. The van der Waals surface area contributed by atoms with Crippen molar-refractivity contribution < 1.29 is 9.53 Å². The van der Waals surface area contributed by atoms with Gasteiger partial charge in [0.2, 0.25) is 0 Å². The number of rotatable bonds is 4. The van der Waals surface area contributed by atoms with Gasteiger partial charge in [0.05, 0.1) is 13.7 Å². The first kappa shape index (κ1) is 18.0. The number of nitrogens with one attached hydrogen (secondary N) is 1. The Morgan fingerprint density at radius 2 is 1.96 bits per heavy atom. The van der Waals surface area contributed by atoms with Crippen LogP contribution in [0.2, 0.25) is 0 Å². The quantitative estimate of drug-likeness (QED) is 0.759. The summed E-state index contributed by atoms with van der Waals surface area (Å²) in [6, 6.07) is 15.8. The molecule has 0 fully saturated rings. The van der Waals surface area contributed by atoms with Crippen molar-refractivity contribution in [1.29, 1.82) is 0 Å². The van der Waals surface area contributed by atoms with E-state index in [2.05, 4.69) is 20.1 Å². The molecule has 0 aliphatic carbocycles. The van der Waals surface area contributed by atoms with Gasteiger partial charge in [-0.2, -0.15) is 0 Å². The Hall–Kier alpha value is -3.35. The van der Waals surface area contributed by atoms with Crippen molar-refractivity contribution in [2.45, 2.75) is 26.6 Å². The monoisotopic (exact) mass is 377 g/mol. The maximum atomic E-state index is 12.6. The first-order chi connectivity index (χ1) is 13.7. The standard InChI is InChI=1S/C21H23N5O2/c1-15-12-16(8-9-18(15)28-2)13-22-21(27)25-10-11-26-19(14-25)23-24-20(26)17-6-4-3-5-7-17/h3-9,12H,10-11,13-14H2,1-2H3,(H,22,27). The van der Waals surface area contributed by atoms with E-state index in [1.807, 2.05) is 55.5 Å². The van der Waals surface area contributed by atoms with E-state index in [1.165, 1.54) is 0 Å². The minimum atomic E-state index is -0.0935. The van der Waals surface area contributed by atoms with E-state index in [4.69, 9.17) is 4.74 Å². The molecule has 7 nitrogen and oxygen atoms in total. The van der Waals surface area contributed by atoms with Crippen molar-refractivity contribution in [2.24, 2.45) is 0 Å². The Labute approximate surface area is 164 Å². The predicted molar refractivity (Wildman–Crippen MR) is 106 cm³/mol. The van der Waals surface area contributed by atoms with Gasteiger partial charge in [0.15, 0.2) is 11.6 Å². The molecule has 1 aliphatic heterocycles. The molecular weight excluding hydrogens is 354 g/mol. The maximum Gasteiger partial charge on any atom is 0.318 e. The molecule has 0 radical (unpaired) electrons. The third-order valence-corrected chi connectivity index (χ3v) is 4.98. The van der Waals surface area contributed by atoms with Gasteiger partial charge in [0.1, 0.15) is 5.75 Å². The fraction of sp³-hybridized carbons (Fsp3) is 0.286. The van der Waals surface area contributed by atoms with Crippen LogP contribution in [0.4, 0.5) is 4.79 Å². The van der Waals surface area contributed by atoms with Crippen LogP contribution in [0.25, 0.3) is 11.4 Å². The molecule has 7 heteroatoms. The lowest BCUT2D eigenvalue weighted by atomic mass is 10.1. The van der Waals surface area contributed by atoms with Gasteiger partial charge >= 0.3 is 6.03 Å². The van der Waals surface area contributed by atoms with Gasteiger partial charge in [-0.05, 0) is 24.1 Å². The number of benzene rings is 2. The largest absolute Gasteiger partial charge is 0.496 e. The van der Waals surface area contributed by atoms with Gasteiger partial charge < -0.3 is 19.5 Å². The summed E-state index contributed by atoms with van der Waals surface area (Å²) in [4.78, 5) is 14.4. The molecule has 0 saturated carbocycles. The summed E-state index contributed by atoms with van der Waals surface area (Å²) in [7, 11) is 1.65. The second kappa shape index (κ2) is 7.72. The van der Waals surface area contributed by atoms with Gasteiger partial charge in [0.25, 0.3) is 0 Å². The Bertz CT molecular complexity index is 984. The lowest BCUT2D eigenvalue weighted by Gasteiger charge is -2.28. The van der Waals surface area contributed by atoms with E-state index in [9.17, 15) is 4.79 Å². The molecular formula is C21H23N5O2. The normalized spacial score (nSPS) is 13.1. The number of methoxy groups -OCH3 is 1. The van der Waals surface area contributed by atoms with Crippen LogP contribution in [0, 0.1) is 6.92 Å². The smallest absolute Gasteiger partial charge is 0.318 e. The van der Waals surface area contributed by atoms with Crippen molar-refractivity contribution in [3.05, 3.63) is 65.5 Å². The molecule has 1 N–H and O–H groups in total. The number of ether oxygens (including phenoxy) is 1. The third kappa shape index (κ3) is 3.55. The SMILES string of the molecule is COc1ccc(CNC(=O)N2CCn3c(nnc3-c3ccccc3)C2)cc1C. The first-order valence-electron chi connectivity index (χ1n) is 9.29. The molecule has 0 saturated heterocycles. The number of fused-ring (bicyclic) bond motifs is 1. The molecule has 0 spiro atoms. The highest BCUT2D eigenvalue weighted by Gasteiger charge is 2.24. The third-order valence-electron chi connectivity index (χ3n) is 4.98. The fourth-order valence-corrected chi connectivity index (χ4v) is 3.47. The second-order valence-electron chi connectivity index (χ2n) is 6.84. The summed E-state index contributed by atoms with van der Waals surface area (Å²) in [5.41, 5.74) is 3.13. The number of hydrogen-bond acceptors (Lipinski definition) is 4. The number of carbonyl (C=O) groups is 1. The van der Waals surface area contributed by atoms with Crippen molar-refractivity contribution in [3.8, 4) is 17.1 Å². The average molecular weight is 377 g/mol. The molecule has 0 bridgehead atoms. The summed E-state index contributed by atoms with van der Waals surface area (Å²) in [6.07, 6.45) is 0. The first-order valence-corrected chi connectivity index (χ1v) is 9.29. The van der Waals surface area contributed by atoms with E-state index >= 15 is 0 Å². The van der Waals surface area contributed by atoms with Crippen LogP contribution in [0.3, 0.4) is 0 Å². The summed E-state index contributed by atoms with van der Waals surface area (Å²) in [5, 5.41) is 11.6. The Kier molecular flexibility index (Phi) is 4.97. The maximum absolute atomic E-state index is 12.6. The lowest BCUT2D eigenvalue weighted by molar-refractivity contribution is 0.182. The number of hydrogen-bond donors (Lipinski definition) is 1. The van der Waals surface area contributed by atoms with Crippen LogP contribution in [-0.2, 0) is 19.6 Å². The summed E-state index contributed by atoms with van der Waals surface area (Å²) >= 11 is 0. The van der Waals surface area contributed by atoms with E-state index in [0.717, 1.165) is 34.1 Å². The molecule has 0 atom stereocenters. The Balaban J connectivity index is 1.40. The number of nitrogens with zero attached hydrogens (tertiary/aromatic N) is 4. The zero-order valence-electron chi connectivity index (χ0n) is 16.1. The summed E-state index contributed by atoms with van der Waals surface area (Å²) in [5.74, 6) is 2.50. The van der Waals surface area contributed by atoms with Gasteiger partial charge in [-0.15, -0.1) is 10.2 Å². The summed E-state index contributed by atoms with van der Waals surface area (Å²) in [6.45, 7) is 4.22. The molecule has 1 aliphatic rings. The topological polar surface area (TPSA) is 72.3 Å². The van der Waals surface area contributed by atoms with Gasteiger partial charge in [0, 0.05) is 25.2 Å². The lowest BCUT2D eigenvalue weighted by Crippen LogP contribution is -2.44. The molecule has 3 aromatic rings. The highest BCUT2D eigenvalue weighted by Crippen LogP contribution is 2.22. The number of carbonyl (C=O) groups excluding carboxylic acids is 1. The molecule has 2 heterocycles. The van der Waals surface area contributed by atoms with E-state index < -0.39 is 0 Å². The van der Waals surface area contributed by atoms with Crippen LogP contribution in [0.15, 0.2) is 48.5 Å². The van der Waals surface area contributed by atoms with Crippen molar-refractivity contribution in [2.75, 3.05) is 13.7 Å². The molecule has 4 rings (SSSR count). The number of aryl methyl sites for hydroxylation is 1. The van der Waals surface area contributed by atoms with E-state index in [0.29, 0.717) is 26.2 Å². The molecule has 144 valence electrons. The van der Waals surface area contributed by atoms with Crippen LogP contribution < -0.4 is 10.1 Å². The second-order valence-corrected chi connectivity index (χ2v) is 6.84. The van der Waals surface area contributed by atoms with Gasteiger partial charge in [-0.3, -0.25) is 0 Å². The molecule has 0 unspecified atom stereocenters. The molecule has 2 amide bonds. The van der Waals surface area contributed by atoms with E-state index in [-0.39, 0.29) is 6.03 Å². The van der Waals surface area contributed by atoms with Crippen molar-refractivity contribution >= 4 is 6.03 Å². The van der Waals surface area contributed by atoms with Crippen molar-refractivity contribution in [1.82, 2.24) is 25.0 Å². The van der Waals surface area contributed by atoms with Crippen LogP contribution in [0.5, 0.6) is 5.75 Å². The highest BCUT2D eigenvalue weighted by atomic mass is 16.5. The zero-order chi connectivity index (χ0) is 19.5. The zero-order valence-corrected chi connectivity index (χ0v) is 16.1. The van der Waals surface area contributed by atoms with Crippen LogP contribution in [-0.4, -0.2) is 39.4 Å². The number of aromatic nitrogens is 3. The highest BCUT2D eigenvalue weighted by molar-refractivity contribution is 5.74. The van der Waals surface area contributed by atoms with Crippen molar-refractivity contribution in [3.63, 3.8) is 0 Å². The number of amides is 2. The Morgan fingerprint density at radius 3 is 2.71 bits per heavy atom. The van der Waals surface area contributed by atoms with Crippen LogP contribution in [0.1, 0.15) is 17.0 Å². The minimum absolute atomic E-state index is 0.0935. The Morgan fingerprint density at radius 1 is 1.14 bits per heavy atom. The van der Waals surface area contributed by atoms with Crippen LogP contribution >= 0.6 is 0 Å². The average Bonchev–Trinajstić information content (AvgIpc) is 3.16. The van der Waals surface area contributed by atoms with Gasteiger partial charge in [-0.25, -0.2) is 4.79 Å². The molecule has 1 aromatic heterocycles. The fourth-order valence-electron chi connectivity index (χ4n) is 3.47. The predicted octanol–water partition coefficient (Wildman–Crippen LogP) is 2.99. The van der Waals surface area contributed by atoms with E-state index in [1.54, 1.807) is 12.0 Å². The number of urea groups is 1. The molecule has 2 aromatic carbocycles. The summed E-state index contributed by atoms with van der Waals surface area (Å²) < 4.78 is 7.37. The van der Waals surface area contributed by atoms with Gasteiger partial charge in [-0.1, -0.05) is 42.5 Å².